The first-order valence-corrected chi connectivity index (χ1v) is 7.95. The van der Waals surface area contributed by atoms with Crippen molar-refractivity contribution in [3.05, 3.63) is 28.8 Å². The summed E-state index contributed by atoms with van der Waals surface area (Å²) in [7, 11) is 0. The molecule has 0 amide bonds. The van der Waals surface area contributed by atoms with E-state index >= 15 is 0 Å². The molecule has 0 spiro atoms. The van der Waals surface area contributed by atoms with Crippen molar-refractivity contribution in [1.29, 1.82) is 0 Å². The van der Waals surface area contributed by atoms with Crippen LogP contribution in [0.1, 0.15) is 46.1 Å². The molecule has 0 bridgehead atoms. The second kappa shape index (κ2) is 7.42. The standard InChI is InChI=1S/C15H24ClNS/c1-5-6-9-18-14-10-13(16)8-7-12(14)11-17-15(2,3)4/h7-8,10,17H,5-6,9,11H2,1-4H3. The first-order chi connectivity index (χ1) is 8.42. The summed E-state index contributed by atoms with van der Waals surface area (Å²) in [6.07, 6.45) is 2.49. The normalized spacial score (nSPS) is 11.8. The van der Waals surface area contributed by atoms with Gasteiger partial charge in [-0.05, 0) is 50.6 Å². The molecule has 1 aromatic rings. The van der Waals surface area contributed by atoms with Gasteiger partial charge in [-0.25, -0.2) is 0 Å². The molecule has 0 saturated heterocycles. The predicted octanol–water partition coefficient (Wildman–Crippen LogP) is 5.12. The highest BCUT2D eigenvalue weighted by Gasteiger charge is 2.10. The predicted molar refractivity (Wildman–Crippen MR) is 83.7 cm³/mol. The van der Waals surface area contributed by atoms with Crippen molar-refractivity contribution in [2.45, 2.75) is 57.5 Å². The van der Waals surface area contributed by atoms with E-state index in [2.05, 4.69) is 45.1 Å². The summed E-state index contributed by atoms with van der Waals surface area (Å²) < 4.78 is 0. The quantitative estimate of drug-likeness (QED) is 0.575. The Morgan fingerprint density at radius 1 is 1.28 bits per heavy atom. The topological polar surface area (TPSA) is 12.0 Å². The number of halogens is 1. The SMILES string of the molecule is CCCCSc1cc(Cl)ccc1CNC(C)(C)C. The minimum Gasteiger partial charge on any atom is -0.308 e. The molecule has 0 aliphatic carbocycles. The lowest BCUT2D eigenvalue weighted by molar-refractivity contribution is 0.422. The lowest BCUT2D eigenvalue weighted by Crippen LogP contribution is -2.35. The van der Waals surface area contributed by atoms with Gasteiger partial charge in [0.2, 0.25) is 0 Å². The van der Waals surface area contributed by atoms with Crippen LogP contribution < -0.4 is 5.32 Å². The molecule has 18 heavy (non-hydrogen) atoms. The molecular weight excluding hydrogens is 262 g/mol. The lowest BCUT2D eigenvalue weighted by Gasteiger charge is -2.21. The third kappa shape index (κ3) is 6.12. The summed E-state index contributed by atoms with van der Waals surface area (Å²) in [5, 5.41) is 4.36. The summed E-state index contributed by atoms with van der Waals surface area (Å²) in [5.41, 5.74) is 1.49. The number of thioether (sulfide) groups is 1. The molecule has 0 aliphatic rings. The highest BCUT2D eigenvalue weighted by atomic mass is 35.5. The third-order valence-corrected chi connectivity index (χ3v) is 4.01. The van der Waals surface area contributed by atoms with Gasteiger partial charge in [0.25, 0.3) is 0 Å². The molecule has 0 heterocycles. The van der Waals surface area contributed by atoms with Crippen LogP contribution in [0.5, 0.6) is 0 Å². The van der Waals surface area contributed by atoms with Crippen LogP contribution >= 0.6 is 23.4 Å². The smallest absolute Gasteiger partial charge is 0.0417 e. The number of nitrogens with one attached hydrogen (secondary N) is 1. The zero-order chi connectivity index (χ0) is 13.6. The number of rotatable bonds is 6. The Kier molecular flexibility index (Phi) is 6.54. The fourth-order valence-corrected chi connectivity index (χ4v) is 2.92. The summed E-state index contributed by atoms with van der Waals surface area (Å²) in [4.78, 5) is 1.31. The van der Waals surface area contributed by atoms with Crippen LogP contribution in [0.3, 0.4) is 0 Å². The van der Waals surface area contributed by atoms with Gasteiger partial charge in [-0.1, -0.05) is 31.0 Å². The Labute approximate surface area is 121 Å². The maximum atomic E-state index is 6.09. The monoisotopic (exact) mass is 285 g/mol. The van der Waals surface area contributed by atoms with Gasteiger partial charge in [0, 0.05) is 22.0 Å². The Bertz CT molecular complexity index is 371. The van der Waals surface area contributed by atoms with Crippen molar-refractivity contribution in [1.82, 2.24) is 5.32 Å². The van der Waals surface area contributed by atoms with Crippen LogP contribution in [-0.4, -0.2) is 11.3 Å². The number of hydrogen-bond acceptors (Lipinski definition) is 2. The number of unbranched alkanes of at least 4 members (excludes halogenated alkanes) is 1. The second-order valence-electron chi connectivity index (χ2n) is 5.56. The van der Waals surface area contributed by atoms with Crippen LogP contribution in [0.2, 0.25) is 5.02 Å². The average Bonchev–Trinajstić information content (AvgIpc) is 2.27. The van der Waals surface area contributed by atoms with Crippen LogP contribution in [-0.2, 0) is 6.54 Å². The number of benzene rings is 1. The molecule has 3 heteroatoms. The van der Waals surface area contributed by atoms with E-state index in [1.165, 1.54) is 29.1 Å². The molecule has 1 N–H and O–H groups in total. The van der Waals surface area contributed by atoms with E-state index in [4.69, 9.17) is 11.6 Å². The molecule has 102 valence electrons. The van der Waals surface area contributed by atoms with Crippen molar-refractivity contribution in [3.8, 4) is 0 Å². The molecular formula is C15H24ClNS. The van der Waals surface area contributed by atoms with Crippen LogP contribution in [0.25, 0.3) is 0 Å². The van der Waals surface area contributed by atoms with Gasteiger partial charge in [-0.3, -0.25) is 0 Å². The first kappa shape index (κ1) is 15.9. The molecule has 1 nitrogen and oxygen atoms in total. The van der Waals surface area contributed by atoms with Crippen molar-refractivity contribution >= 4 is 23.4 Å². The lowest BCUT2D eigenvalue weighted by atomic mass is 10.1. The highest BCUT2D eigenvalue weighted by molar-refractivity contribution is 7.99. The second-order valence-corrected chi connectivity index (χ2v) is 7.13. The molecule has 0 fully saturated rings. The Morgan fingerprint density at radius 3 is 2.61 bits per heavy atom. The van der Waals surface area contributed by atoms with E-state index < -0.39 is 0 Å². The van der Waals surface area contributed by atoms with Gasteiger partial charge in [0.15, 0.2) is 0 Å². The van der Waals surface area contributed by atoms with Crippen LogP contribution in [0.15, 0.2) is 23.1 Å². The van der Waals surface area contributed by atoms with Gasteiger partial charge in [-0.2, -0.15) is 0 Å². The molecule has 0 atom stereocenters. The molecule has 0 radical (unpaired) electrons. The molecule has 1 aromatic carbocycles. The fourth-order valence-electron chi connectivity index (χ4n) is 1.50. The zero-order valence-electron chi connectivity index (χ0n) is 11.8. The maximum absolute atomic E-state index is 6.09. The van der Waals surface area contributed by atoms with E-state index in [0.717, 1.165) is 11.6 Å². The van der Waals surface area contributed by atoms with Crippen molar-refractivity contribution in [3.63, 3.8) is 0 Å². The molecule has 0 aliphatic heterocycles. The Morgan fingerprint density at radius 2 is 2.00 bits per heavy atom. The van der Waals surface area contributed by atoms with Gasteiger partial charge in [0.1, 0.15) is 0 Å². The molecule has 0 saturated carbocycles. The number of hydrogen-bond donors (Lipinski definition) is 1. The largest absolute Gasteiger partial charge is 0.308 e. The Hall–Kier alpha value is -0.180. The Balaban J connectivity index is 2.70. The average molecular weight is 286 g/mol. The van der Waals surface area contributed by atoms with Crippen molar-refractivity contribution in [2.75, 3.05) is 5.75 Å². The van der Waals surface area contributed by atoms with Crippen molar-refractivity contribution in [2.24, 2.45) is 0 Å². The van der Waals surface area contributed by atoms with E-state index in [1.54, 1.807) is 0 Å². The van der Waals surface area contributed by atoms with Gasteiger partial charge in [0.05, 0.1) is 0 Å². The van der Waals surface area contributed by atoms with Crippen LogP contribution in [0, 0.1) is 0 Å². The highest BCUT2D eigenvalue weighted by Crippen LogP contribution is 2.27. The minimum absolute atomic E-state index is 0.144. The summed E-state index contributed by atoms with van der Waals surface area (Å²) in [6.45, 7) is 9.68. The summed E-state index contributed by atoms with van der Waals surface area (Å²) >= 11 is 8.00. The first-order valence-electron chi connectivity index (χ1n) is 6.58. The van der Waals surface area contributed by atoms with Gasteiger partial charge >= 0.3 is 0 Å². The summed E-state index contributed by atoms with van der Waals surface area (Å²) in [6, 6.07) is 6.20. The minimum atomic E-state index is 0.144. The zero-order valence-corrected chi connectivity index (χ0v) is 13.4. The maximum Gasteiger partial charge on any atom is 0.0417 e. The van der Waals surface area contributed by atoms with Gasteiger partial charge < -0.3 is 5.32 Å². The molecule has 0 aromatic heterocycles. The van der Waals surface area contributed by atoms with Crippen LogP contribution in [0.4, 0.5) is 0 Å². The molecule has 0 unspecified atom stereocenters. The van der Waals surface area contributed by atoms with E-state index in [9.17, 15) is 0 Å². The van der Waals surface area contributed by atoms with Crippen molar-refractivity contribution < 1.29 is 0 Å². The summed E-state index contributed by atoms with van der Waals surface area (Å²) in [5.74, 6) is 1.17. The fraction of sp³-hybridized carbons (Fsp3) is 0.600. The van der Waals surface area contributed by atoms with E-state index in [0.29, 0.717) is 0 Å². The molecule has 1 rings (SSSR count). The van der Waals surface area contributed by atoms with E-state index in [1.807, 2.05) is 17.8 Å². The van der Waals surface area contributed by atoms with E-state index in [-0.39, 0.29) is 5.54 Å². The van der Waals surface area contributed by atoms with Gasteiger partial charge in [-0.15, -0.1) is 11.8 Å². The third-order valence-electron chi connectivity index (χ3n) is 2.59.